The van der Waals surface area contributed by atoms with E-state index in [9.17, 15) is 0 Å². The summed E-state index contributed by atoms with van der Waals surface area (Å²) in [5.41, 5.74) is 1.26. The monoisotopic (exact) mass is 258 g/mol. The van der Waals surface area contributed by atoms with Gasteiger partial charge in [0.05, 0.1) is 6.61 Å². The highest BCUT2D eigenvalue weighted by Gasteiger charge is 1.94. The first-order valence-electron chi connectivity index (χ1n) is 4.63. The normalized spacial score (nSPS) is 10.1. The lowest BCUT2D eigenvalue weighted by atomic mass is 10.2. The van der Waals surface area contributed by atoms with Crippen molar-refractivity contribution in [3.63, 3.8) is 0 Å². The molecule has 3 heteroatoms. The third-order valence-electron chi connectivity index (χ3n) is 1.84. The predicted molar refractivity (Wildman–Crippen MR) is 61.1 cm³/mol. The summed E-state index contributed by atoms with van der Waals surface area (Å²) in [5.74, 6) is 0.922. The molecule has 78 valence electrons. The molecule has 14 heavy (non-hydrogen) atoms. The Labute approximate surface area is 93.4 Å². The molecule has 0 unspecified atom stereocenters. The van der Waals surface area contributed by atoms with Crippen LogP contribution in [0.25, 0.3) is 0 Å². The van der Waals surface area contributed by atoms with E-state index in [0.717, 1.165) is 24.1 Å². The molecule has 0 aliphatic rings. The highest BCUT2D eigenvalue weighted by atomic mass is 79.9. The van der Waals surface area contributed by atoms with Crippen molar-refractivity contribution in [1.29, 1.82) is 0 Å². The molecule has 0 spiro atoms. The smallest absolute Gasteiger partial charge is 0.119 e. The summed E-state index contributed by atoms with van der Waals surface area (Å²) < 4.78 is 10.4. The van der Waals surface area contributed by atoms with E-state index < -0.39 is 0 Å². The maximum Gasteiger partial charge on any atom is 0.119 e. The van der Waals surface area contributed by atoms with Crippen molar-refractivity contribution in [3.05, 3.63) is 29.8 Å². The highest BCUT2D eigenvalue weighted by Crippen LogP contribution is 2.14. The Hall–Kier alpha value is -0.540. The van der Waals surface area contributed by atoms with Crippen LogP contribution in [0.2, 0.25) is 0 Å². The van der Waals surface area contributed by atoms with Crippen LogP contribution < -0.4 is 4.74 Å². The molecule has 0 heterocycles. The van der Waals surface area contributed by atoms with Crippen LogP contribution in [-0.4, -0.2) is 20.3 Å². The van der Waals surface area contributed by atoms with Crippen LogP contribution in [0, 0.1) is 0 Å². The maximum absolute atomic E-state index is 5.51. The van der Waals surface area contributed by atoms with Gasteiger partial charge in [-0.2, -0.15) is 0 Å². The molecule has 0 aliphatic heterocycles. The van der Waals surface area contributed by atoms with Crippen molar-refractivity contribution in [2.75, 3.05) is 20.3 Å². The first-order chi connectivity index (χ1) is 6.86. The van der Waals surface area contributed by atoms with E-state index in [1.165, 1.54) is 5.56 Å². The van der Waals surface area contributed by atoms with Crippen LogP contribution in [0.15, 0.2) is 24.3 Å². The van der Waals surface area contributed by atoms with Crippen molar-refractivity contribution in [2.45, 2.75) is 11.8 Å². The Balaban J connectivity index is 2.29. The van der Waals surface area contributed by atoms with Gasteiger partial charge in [-0.25, -0.2) is 0 Å². The molecule has 1 aromatic rings. The third kappa shape index (κ3) is 4.11. The fraction of sp³-hybridized carbons (Fsp3) is 0.455. The third-order valence-corrected chi connectivity index (χ3v) is 2.49. The Morgan fingerprint density at radius 2 is 1.86 bits per heavy atom. The summed E-state index contributed by atoms with van der Waals surface area (Å²) in [4.78, 5) is 0. The van der Waals surface area contributed by atoms with Gasteiger partial charge in [0, 0.05) is 25.5 Å². The van der Waals surface area contributed by atoms with E-state index in [1.54, 1.807) is 7.11 Å². The van der Waals surface area contributed by atoms with Crippen molar-refractivity contribution < 1.29 is 9.47 Å². The van der Waals surface area contributed by atoms with Crippen LogP contribution in [0.5, 0.6) is 5.75 Å². The van der Waals surface area contributed by atoms with E-state index in [4.69, 9.17) is 9.47 Å². The fourth-order valence-electron chi connectivity index (χ4n) is 1.07. The summed E-state index contributed by atoms with van der Waals surface area (Å²) in [6.45, 7) is 1.46. The quantitative estimate of drug-likeness (QED) is 0.577. The number of alkyl halides is 1. The molecule has 0 saturated carbocycles. The second-order valence-corrected chi connectivity index (χ2v) is 3.53. The van der Waals surface area contributed by atoms with Gasteiger partial charge in [0.1, 0.15) is 5.75 Å². The van der Waals surface area contributed by atoms with Gasteiger partial charge in [0.2, 0.25) is 0 Å². The fourth-order valence-corrected chi connectivity index (χ4v) is 1.44. The highest BCUT2D eigenvalue weighted by molar-refractivity contribution is 9.08. The molecule has 1 rings (SSSR count). The molecule has 0 amide bonds. The minimum Gasteiger partial charge on any atom is -0.494 e. The molecule has 0 radical (unpaired) electrons. The van der Waals surface area contributed by atoms with Gasteiger partial charge in [-0.1, -0.05) is 28.1 Å². The number of hydrogen-bond acceptors (Lipinski definition) is 2. The molecule has 0 N–H and O–H groups in total. The lowest BCUT2D eigenvalue weighted by molar-refractivity contribution is 0.172. The van der Waals surface area contributed by atoms with Crippen LogP contribution >= 0.6 is 15.9 Å². The maximum atomic E-state index is 5.51. The SMILES string of the molecule is COCCCOc1ccc(CBr)cc1. The average Bonchev–Trinajstić information content (AvgIpc) is 2.25. The molecular weight excluding hydrogens is 244 g/mol. The summed E-state index contributed by atoms with van der Waals surface area (Å²) in [7, 11) is 1.70. The van der Waals surface area contributed by atoms with E-state index in [1.807, 2.05) is 12.1 Å². The molecule has 0 aliphatic carbocycles. The minimum absolute atomic E-state index is 0.710. The van der Waals surface area contributed by atoms with Gasteiger partial charge in [-0.05, 0) is 17.7 Å². The van der Waals surface area contributed by atoms with Crippen molar-refractivity contribution in [3.8, 4) is 5.75 Å². The van der Waals surface area contributed by atoms with Crippen LogP contribution in [0.3, 0.4) is 0 Å². The largest absolute Gasteiger partial charge is 0.494 e. The van der Waals surface area contributed by atoms with Gasteiger partial charge >= 0.3 is 0 Å². The van der Waals surface area contributed by atoms with E-state index in [2.05, 4.69) is 28.1 Å². The summed E-state index contributed by atoms with van der Waals surface area (Å²) in [6.07, 6.45) is 0.927. The van der Waals surface area contributed by atoms with Gasteiger partial charge < -0.3 is 9.47 Å². The lowest BCUT2D eigenvalue weighted by Crippen LogP contribution is -2.01. The Bertz CT molecular complexity index is 246. The molecule has 0 saturated heterocycles. The predicted octanol–water partition coefficient (Wildman–Crippen LogP) is 3.00. The van der Waals surface area contributed by atoms with E-state index in [-0.39, 0.29) is 0 Å². The zero-order valence-corrected chi connectivity index (χ0v) is 9.92. The van der Waals surface area contributed by atoms with Crippen molar-refractivity contribution in [2.24, 2.45) is 0 Å². The molecule has 1 aromatic carbocycles. The summed E-state index contributed by atoms with van der Waals surface area (Å²) >= 11 is 3.40. The number of methoxy groups -OCH3 is 1. The van der Waals surface area contributed by atoms with E-state index >= 15 is 0 Å². The van der Waals surface area contributed by atoms with Crippen LogP contribution in [-0.2, 0) is 10.1 Å². The lowest BCUT2D eigenvalue weighted by Gasteiger charge is -2.05. The number of rotatable bonds is 6. The average molecular weight is 259 g/mol. The van der Waals surface area contributed by atoms with E-state index in [0.29, 0.717) is 6.61 Å². The van der Waals surface area contributed by atoms with Gasteiger partial charge in [-0.15, -0.1) is 0 Å². The minimum atomic E-state index is 0.710. The first-order valence-corrected chi connectivity index (χ1v) is 5.75. The van der Waals surface area contributed by atoms with Gasteiger partial charge in [0.15, 0.2) is 0 Å². The topological polar surface area (TPSA) is 18.5 Å². The first kappa shape index (κ1) is 11.5. The van der Waals surface area contributed by atoms with Crippen molar-refractivity contribution >= 4 is 15.9 Å². The molecular formula is C11H15BrO2. The number of hydrogen-bond donors (Lipinski definition) is 0. The summed E-state index contributed by atoms with van der Waals surface area (Å²) in [5, 5.41) is 0.886. The summed E-state index contributed by atoms with van der Waals surface area (Å²) in [6, 6.07) is 8.09. The molecule has 2 nitrogen and oxygen atoms in total. The second kappa shape index (κ2) is 6.85. The van der Waals surface area contributed by atoms with Gasteiger partial charge in [-0.3, -0.25) is 0 Å². The Kier molecular flexibility index (Phi) is 5.64. The van der Waals surface area contributed by atoms with Crippen molar-refractivity contribution in [1.82, 2.24) is 0 Å². The number of ether oxygens (including phenoxy) is 2. The zero-order chi connectivity index (χ0) is 10.2. The Morgan fingerprint density at radius 1 is 1.14 bits per heavy atom. The molecule has 0 aromatic heterocycles. The zero-order valence-electron chi connectivity index (χ0n) is 8.33. The molecule has 0 fully saturated rings. The molecule has 0 atom stereocenters. The Morgan fingerprint density at radius 3 is 2.43 bits per heavy atom. The number of halogens is 1. The standard InChI is InChI=1S/C11H15BrO2/c1-13-7-2-8-14-11-5-3-10(9-12)4-6-11/h3-6H,2,7-9H2,1H3. The second-order valence-electron chi connectivity index (χ2n) is 2.97. The van der Waals surface area contributed by atoms with Gasteiger partial charge in [0.25, 0.3) is 0 Å². The molecule has 0 bridgehead atoms. The van der Waals surface area contributed by atoms with Crippen LogP contribution in [0.4, 0.5) is 0 Å². The van der Waals surface area contributed by atoms with Crippen LogP contribution in [0.1, 0.15) is 12.0 Å². The number of benzene rings is 1.